The van der Waals surface area contributed by atoms with Crippen LogP contribution in [0.25, 0.3) is 0 Å². The van der Waals surface area contributed by atoms with Gasteiger partial charge in [-0.1, -0.05) is 50.1 Å². The molecule has 5 aliphatic rings. The molecule has 11 heteroatoms. The summed E-state index contributed by atoms with van der Waals surface area (Å²) in [6.45, 7) is 15.2. The summed E-state index contributed by atoms with van der Waals surface area (Å²) in [5, 5.41) is 0.533. The van der Waals surface area contributed by atoms with Gasteiger partial charge in [-0.25, -0.2) is 4.21 Å². The molecule has 296 valence electrons. The van der Waals surface area contributed by atoms with Gasteiger partial charge in [-0.05, 0) is 118 Å². The summed E-state index contributed by atoms with van der Waals surface area (Å²) < 4.78 is 35.4. The van der Waals surface area contributed by atoms with E-state index in [2.05, 4.69) is 57.6 Å². The number of nitrogens with zero attached hydrogens (tertiary/aromatic N) is 3. The highest BCUT2D eigenvalue weighted by atomic mass is 35.5. The second-order valence-electron chi connectivity index (χ2n) is 16.5. The third-order valence-corrected chi connectivity index (χ3v) is 15.0. The van der Waals surface area contributed by atoms with E-state index < -0.39 is 16.6 Å². The topological polar surface area (TPSA) is 83.6 Å². The Kier molecular flexibility index (Phi) is 13.1. The number of morpholine rings is 1. The molecule has 1 amide bonds. The molecule has 3 fully saturated rings. The van der Waals surface area contributed by atoms with Gasteiger partial charge in [0.2, 0.25) is 0 Å². The third kappa shape index (κ3) is 8.74. The fourth-order valence-electron chi connectivity index (χ4n) is 9.61. The third-order valence-electron chi connectivity index (χ3n) is 13.2. The standard InChI is InChI=1S/C43H61ClN4O5S/c1-5-7-32-24-36(44)11-12-38(32)35-27-48-26-34-9-13-39(34)43(51-4,29-46-18-15-37(16-19-46)47-20-22-52-23-21-47)17-6-8-30(2)31(3)54(50)45-42(49)33-10-14-41(53-28-35)40(48)25-33/h6,10-12,14,17,24-25,30-31,34-35,37,39H,5,7-9,13,15-16,18-23,26-29H2,1-4H3,(H,45,49)/b17-6+. The Morgan fingerprint density at radius 1 is 1.02 bits per heavy atom. The molecule has 9 nitrogen and oxygen atoms in total. The van der Waals surface area contributed by atoms with Crippen molar-refractivity contribution in [2.24, 2.45) is 17.8 Å². The van der Waals surface area contributed by atoms with E-state index in [1.807, 2.05) is 32.2 Å². The smallest absolute Gasteiger partial charge is 0.263 e. The lowest BCUT2D eigenvalue weighted by molar-refractivity contribution is -0.0961. The largest absolute Gasteiger partial charge is 0.491 e. The Labute approximate surface area is 330 Å². The molecule has 7 rings (SSSR count). The second kappa shape index (κ2) is 17.8. The molecular weight excluding hydrogens is 720 g/mol. The average molecular weight is 782 g/mol. The van der Waals surface area contributed by atoms with Gasteiger partial charge in [-0.15, -0.1) is 0 Å². The SMILES string of the molecule is CCCc1cc(Cl)ccc1C1COc2ccc3cc2N(C1)CC1CCC1C(CN1CCC(N2CCOCC2)CC1)(OC)/C=C/CC(C)C(C)S(=O)NC3=O. The number of aryl methyl sites for hydroxylation is 1. The number of hydrogen-bond acceptors (Lipinski definition) is 8. The maximum atomic E-state index is 13.6. The van der Waals surface area contributed by atoms with Crippen LogP contribution in [0.5, 0.6) is 5.75 Å². The normalized spacial score (nSPS) is 32.5. The molecule has 2 aromatic rings. The number of piperidine rings is 1. The first-order valence-electron chi connectivity index (χ1n) is 20.5. The summed E-state index contributed by atoms with van der Waals surface area (Å²) >= 11 is 6.52. The molecule has 54 heavy (non-hydrogen) atoms. The number of fused-ring (bicyclic) bond motifs is 2. The van der Waals surface area contributed by atoms with Gasteiger partial charge in [0.1, 0.15) is 22.3 Å². The first kappa shape index (κ1) is 39.8. The molecule has 1 saturated carbocycles. The van der Waals surface area contributed by atoms with Crippen molar-refractivity contribution in [3.8, 4) is 5.75 Å². The molecule has 1 N–H and O–H groups in total. The number of methoxy groups -OCH3 is 1. The quantitative estimate of drug-likeness (QED) is 0.306. The van der Waals surface area contributed by atoms with Gasteiger partial charge in [-0.2, -0.15) is 0 Å². The van der Waals surface area contributed by atoms with Gasteiger partial charge in [0.25, 0.3) is 5.91 Å². The van der Waals surface area contributed by atoms with Crippen molar-refractivity contribution in [1.82, 2.24) is 14.5 Å². The summed E-state index contributed by atoms with van der Waals surface area (Å²) in [7, 11) is 0.361. The van der Waals surface area contributed by atoms with Gasteiger partial charge < -0.3 is 24.0 Å². The van der Waals surface area contributed by atoms with E-state index >= 15 is 0 Å². The lowest BCUT2D eigenvalue weighted by atomic mass is 9.63. The van der Waals surface area contributed by atoms with E-state index in [0.717, 1.165) is 108 Å². The number of ether oxygens (including phenoxy) is 3. The van der Waals surface area contributed by atoms with E-state index in [1.165, 1.54) is 24.0 Å². The van der Waals surface area contributed by atoms with Crippen LogP contribution in [0.15, 0.2) is 48.6 Å². The first-order chi connectivity index (χ1) is 26.2. The van der Waals surface area contributed by atoms with Gasteiger partial charge in [0, 0.05) is 62.4 Å². The predicted octanol–water partition coefficient (Wildman–Crippen LogP) is 6.86. The van der Waals surface area contributed by atoms with Crippen LogP contribution in [-0.4, -0.2) is 110 Å². The van der Waals surface area contributed by atoms with Gasteiger partial charge in [0.15, 0.2) is 0 Å². The van der Waals surface area contributed by atoms with Crippen molar-refractivity contribution in [1.29, 1.82) is 0 Å². The number of carbonyl (C=O) groups is 1. The highest BCUT2D eigenvalue weighted by Crippen LogP contribution is 2.47. The van der Waals surface area contributed by atoms with Crippen molar-refractivity contribution in [2.75, 3.05) is 77.6 Å². The van der Waals surface area contributed by atoms with Crippen molar-refractivity contribution in [2.45, 2.75) is 88.5 Å². The average Bonchev–Trinajstić information content (AvgIpc) is 3.35. The first-order valence-corrected chi connectivity index (χ1v) is 22.1. The second-order valence-corrected chi connectivity index (χ2v) is 18.5. The molecule has 0 spiro atoms. The number of anilines is 1. The number of nitrogens with one attached hydrogen (secondary N) is 1. The van der Waals surface area contributed by atoms with Crippen LogP contribution in [0.2, 0.25) is 5.02 Å². The highest BCUT2D eigenvalue weighted by molar-refractivity contribution is 7.84. The molecule has 4 aliphatic heterocycles. The van der Waals surface area contributed by atoms with E-state index in [9.17, 15) is 9.00 Å². The van der Waals surface area contributed by atoms with E-state index in [4.69, 9.17) is 25.8 Å². The van der Waals surface area contributed by atoms with E-state index in [1.54, 1.807) is 6.07 Å². The summed E-state index contributed by atoms with van der Waals surface area (Å²) in [6.07, 6.45) is 11.9. The Morgan fingerprint density at radius 2 is 1.81 bits per heavy atom. The van der Waals surface area contributed by atoms with Crippen molar-refractivity contribution in [3.63, 3.8) is 0 Å². The summed E-state index contributed by atoms with van der Waals surface area (Å²) in [4.78, 5) is 21.4. The summed E-state index contributed by atoms with van der Waals surface area (Å²) in [6, 6.07) is 12.6. The van der Waals surface area contributed by atoms with E-state index in [0.29, 0.717) is 30.0 Å². The molecule has 2 saturated heterocycles. The Balaban J connectivity index is 1.21. The zero-order valence-electron chi connectivity index (χ0n) is 32.8. The fourth-order valence-corrected chi connectivity index (χ4v) is 10.8. The number of carbonyl (C=O) groups excluding carboxylic acids is 1. The number of benzene rings is 2. The summed E-state index contributed by atoms with van der Waals surface area (Å²) in [5.41, 5.74) is 3.52. The van der Waals surface area contributed by atoms with Gasteiger partial charge in [-0.3, -0.25) is 14.4 Å². The van der Waals surface area contributed by atoms with Crippen LogP contribution in [0.3, 0.4) is 0 Å². The molecular formula is C43H61ClN4O5S. The predicted molar refractivity (Wildman–Crippen MR) is 218 cm³/mol. The molecule has 0 aromatic heterocycles. The van der Waals surface area contributed by atoms with Crippen LogP contribution in [-0.2, 0) is 26.9 Å². The molecule has 7 atom stereocenters. The van der Waals surface area contributed by atoms with Crippen molar-refractivity contribution in [3.05, 3.63) is 70.3 Å². The lowest BCUT2D eigenvalue weighted by Crippen LogP contribution is -2.58. The monoisotopic (exact) mass is 780 g/mol. The lowest BCUT2D eigenvalue weighted by Gasteiger charge is -2.52. The summed E-state index contributed by atoms with van der Waals surface area (Å²) in [5.74, 6) is 1.40. The Morgan fingerprint density at radius 3 is 2.54 bits per heavy atom. The number of halogens is 1. The number of rotatable bonds is 7. The van der Waals surface area contributed by atoms with Crippen molar-refractivity contribution < 1.29 is 23.2 Å². The maximum absolute atomic E-state index is 13.6. The fraction of sp³-hybridized carbons (Fsp3) is 0.651. The molecule has 2 bridgehead atoms. The zero-order chi connectivity index (χ0) is 37.8. The Hall–Kier alpha value is -2.47. The van der Waals surface area contributed by atoms with Crippen LogP contribution < -0.4 is 14.4 Å². The molecule has 1 aliphatic carbocycles. The molecule has 2 aromatic carbocycles. The maximum Gasteiger partial charge on any atom is 0.263 e. The van der Waals surface area contributed by atoms with Gasteiger partial charge >= 0.3 is 0 Å². The molecule has 7 unspecified atom stereocenters. The number of likely N-dealkylation sites (tertiary alicyclic amines) is 1. The van der Waals surface area contributed by atoms with Crippen LogP contribution in [0.4, 0.5) is 5.69 Å². The van der Waals surface area contributed by atoms with Crippen LogP contribution in [0, 0.1) is 17.8 Å². The number of allylic oxidation sites excluding steroid dienone is 1. The minimum absolute atomic E-state index is 0.102. The number of hydrogen-bond donors (Lipinski definition) is 1. The Bertz CT molecular complexity index is 1660. The molecule has 4 heterocycles. The minimum Gasteiger partial charge on any atom is -0.491 e. The van der Waals surface area contributed by atoms with Gasteiger partial charge in [0.05, 0.1) is 30.8 Å². The highest BCUT2D eigenvalue weighted by Gasteiger charge is 2.49. The molecule has 0 radical (unpaired) electrons. The zero-order valence-corrected chi connectivity index (χ0v) is 34.3. The van der Waals surface area contributed by atoms with Crippen LogP contribution >= 0.6 is 11.6 Å². The minimum atomic E-state index is -1.54. The van der Waals surface area contributed by atoms with Crippen molar-refractivity contribution >= 4 is 34.2 Å². The number of amides is 1. The van der Waals surface area contributed by atoms with E-state index in [-0.39, 0.29) is 23.0 Å². The van der Waals surface area contributed by atoms with Crippen LogP contribution in [0.1, 0.15) is 86.7 Å².